The lowest BCUT2D eigenvalue weighted by atomic mass is 9.83. The summed E-state index contributed by atoms with van der Waals surface area (Å²) in [5.41, 5.74) is 1.17. The number of carboxylic acids is 1. The normalized spacial score (nSPS) is 26.3. The molecule has 0 heterocycles. The number of aryl methyl sites for hydroxylation is 1. The molecule has 2 fully saturated rings. The summed E-state index contributed by atoms with van der Waals surface area (Å²) >= 11 is 0. The predicted molar refractivity (Wildman–Crippen MR) is 115 cm³/mol. The van der Waals surface area contributed by atoms with Crippen LogP contribution in [0.1, 0.15) is 56.9 Å². The van der Waals surface area contributed by atoms with Gasteiger partial charge in [-0.25, -0.2) is 13.1 Å². The maximum atomic E-state index is 12.7. The predicted octanol–water partition coefficient (Wildman–Crippen LogP) is 4.15. The van der Waals surface area contributed by atoms with E-state index in [1.54, 1.807) is 0 Å². The topological polar surface area (TPSA) is 83.5 Å². The Balaban J connectivity index is 1.48. The largest absolute Gasteiger partial charge is 0.481 e. The van der Waals surface area contributed by atoms with Gasteiger partial charge in [-0.3, -0.25) is 4.79 Å². The minimum Gasteiger partial charge on any atom is -0.481 e. The lowest BCUT2D eigenvalue weighted by molar-refractivity contribution is -0.137. The van der Waals surface area contributed by atoms with Gasteiger partial charge in [-0.05, 0) is 74.7 Å². The fraction of sp³-hybridized carbons (Fsp3) is 0.609. The number of unbranched alkanes of at least 4 members (excludes halogenated alkanes) is 1. The van der Waals surface area contributed by atoms with E-state index >= 15 is 0 Å². The molecule has 0 radical (unpaired) electrons. The molecule has 2 N–H and O–H groups in total. The van der Waals surface area contributed by atoms with Crippen molar-refractivity contribution in [2.75, 3.05) is 5.75 Å². The van der Waals surface area contributed by atoms with Crippen LogP contribution in [0.15, 0.2) is 42.5 Å². The number of hydrogen-bond donors (Lipinski definition) is 2. The Labute approximate surface area is 174 Å². The van der Waals surface area contributed by atoms with Crippen molar-refractivity contribution in [2.24, 2.45) is 17.8 Å². The highest BCUT2D eigenvalue weighted by Gasteiger charge is 2.47. The fourth-order valence-corrected chi connectivity index (χ4v) is 6.48. The number of sulfonamides is 1. The summed E-state index contributed by atoms with van der Waals surface area (Å²) < 4.78 is 28.4. The summed E-state index contributed by atoms with van der Waals surface area (Å²) in [5.74, 6) is 0.865. The number of hydrogen-bond acceptors (Lipinski definition) is 3. The van der Waals surface area contributed by atoms with Gasteiger partial charge < -0.3 is 5.11 Å². The Kier molecular flexibility index (Phi) is 7.90. The lowest BCUT2D eigenvalue weighted by Crippen LogP contribution is -2.44. The molecule has 2 aliphatic rings. The van der Waals surface area contributed by atoms with Crippen molar-refractivity contribution in [1.82, 2.24) is 4.72 Å². The summed E-state index contributed by atoms with van der Waals surface area (Å²) in [4.78, 5) is 10.6. The molecule has 1 unspecified atom stereocenters. The van der Waals surface area contributed by atoms with Crippen LogP contribution in [0.4, 0.5) is 0 Å². The number of carboxylic acid groups (broad SMARTS) is 1. The highest BCUT2D eigenvalue weighted by molar-refractivity contribution is 7.89. The Morgan fingerprint density at radius 1 is 1.10 bits per heavy atom. The van der Waals surface area contributed by atoms with Gasteiger partial charge in [0.2, 0.25) is 10.0 Å². The van der Waals surface area contributed by atoms with Crippen molar-refractivity contribution in [1.29, 1.82) is 0 Å². The number of rotatable bonds is 12. The Bertz CT molecular complexity index is 790. The van der Waals surface area contributed by atoms with E-state index in [1.165, 1.54) is 12.0 Å². The number of fused-ring (bicyclic) bond motifs is 2. The van der Waals surface area contributed by atoms with Gasteiger partial charge in [-0.15, -0.1) is 0 Å². The molecule has 0 spiro atoms. The van der Waals surface area contributed by atoms with Gasteiger partial charge in [0.05, 0.1) is 5.75 Å². The van der Waals surface area contributed by atoms with Crippen LogP contribution in [-0.2, 0) is 21.2 Å². The zero-order valence-electron chi connectivity index (χ0n) is 17.0. The van der Waals surface area contributed by atoms with Crippen molar-refractivity contribution in [2.45, 2.75) is 63.8 Å². The first kappa shape index (κ1) is 22.0. The minimum absolute atomic E-state index is 0.0548. The Morgan fingerprint density at radius 2 is 1.86 bits per heavy atom. The van der Waals surface area contributed by atoms with Crippen molar-refractivity contribution in [3.8, 4) is 0 Å². The molecule has 2 saturated carbocycles. The first-order valence-electron chi connectivity index (χ1n) is 10.9. The first-order valence-corrected chi connectivity index (χ1v) is 12.5. The van der Waals surface area contributed by atoms with Crippen molar-refractivity contribution in [3.05, 3.63) is 48.0 Å². The molecule has 0 amide bonds. The molecule has 2 bridgehead atoms. The molecule has 5 nitrogen and oxygen atoms in total. The van der Waals surface area contributed by atoms with Gasteiger partial charge in [-0.2, -0.15) is 0 Å². The summed E-state index contributed by atoms with van der Waals surface area (Å²) in [6.07, 6.45) is 11.6. The highest BCUT2D eigenvalue weighted by atomic mass is 32.2. The number of nitrogens with one attached hydrogen (secondary N) is 1. The number of allylic oxidation sites excluding steroid dienone is 2. The summed E-state index contributed by atoms with van der Waals surface area (Å²) in [5, 5.41) is 8.69. The maximum absolute atomic E-state index is 12.7. The Hall–Kier alpha value is -1.66. The summed E-state index contributed by atoms with van der Waals surface area (Å²) in [6, 6.07) is 10.1. The van der Waals surface area contributed by atoms with E-state index in [2.05, 4.69) is 16.9 Å². The fourth-order valence-electron chi connectivity index (χ4n) is 5.05. The van der Waals surface area contributed by atoms with E-state index in [1.807, 2.05) is 30.3 Å². The molecule has 4 atom stereocenters. The van der Waals surface area contributed by atoms with Crippen LogP contribution >= 0.6 is 0 Å². The van der Waals surface area contributed by atoms with E-state index < -0.39 is 16.0 Å². The van der Waals surface area contributed by atoms with E-state index in [9.17, 15) is 13.2 Å². The second kappa shape index (κ2) is 10.4. The van der Waals surface area contributed by atoms with Crippen LogP contribution in [-0.4, -0.2) is 31.3 Å². The van der Waals surface area contributed by atoms with Crippen molar-refractivity contribution >= 4 is 16.0 Å². The monoisotopic (exact) mass is 419 g/mol. The molecule has 1 aromatic carbocycles. The summed E-state index contributed by atoms with van der Waals surface area (Å²) in [6.45, 7) is 0. The molecular formula is C23H33NO4S. The molecule has 0 saturated heterocycles. The molecule has 2 aliphatic carbocycles. The van der Waals surface area contributed by atoms with Crippen LogP contribution in [0.5, 0.6) is 0 Å². The van der Waals surface area contributed by atoms with Gasteiger partial charge in [0.1, 0.15) is 0 Å². The molecule has 0 aliphatic heterocycles. The molecule has 1 aromatic rings. The quantitative estimate of drug-likeness (QED) is 0.394. The molecule has 0 aromatic heterocycles. The van der Waals surface area contributed by atoms with Crippen LogP contribution < -0.4 is 4.72 Å². The molecule has 160 valence electrons. The van der Waals surface area contributed by atoms with Crippen molar-refractivity contribution < 1.29 is 18.3 Å². The second-order valence-corrected chi connectivity index (χ2v) is 10.4. The molecule has 6 heteroatoms. The Morgan fingerprint density at radius 3 is 2.62 bits per heavy atom. The van der Waals surface area contributed by atoms with Crippen molar-refractivity contribution in [3.63, 3.8) is 0 Å². The number of aliphatic carboxylic acids is 1. The second-order valence-electron chi connectivity index (χ2n) is 8.54. The van der Waals surface area contributed by atoms with E-state index in [-0.39, 0.29) is 18.2 Å². The van der Waals surface area contributed by atoms with E-state index in [0.29, 0.717) is 30.6 Å². The maximum Gasteiger partial charge on any atom is 0.303 e. The van der Waals surface area contributed by atoms with E-state index in [0.717, 1.165) is 32.1 Å². The van der Waals surface area contributed by atoms with Gasteiger partial charge in [-0.1, -0.05) is 42.5 Å². The van der Waals surface area contributed by atoms with Gasteiger partial charge in [0, 0.05) is 12.5 Å². The van der Waals surface area contributed by atoms with Crippen LogP contribution in [0.3, 0.4) is 0 Å². The van der Waals surface area contributed by atoms with Crippen LogP contribution in [0.25, 0.3) is 0 Å². The first-order chi connectivity index (χ1) is 13.9. The average molecular weight is 420 g/mol. The van der Waals surface area contributed by atoms with Gasteiger partial charge in [0.25, 0.3) is 0 Å². The third-order valence-corrected chi connectivity index (χ3v) is 7.92. The molecule has 29 heavy (non-hydrogen) atoms. The minimum atomic E-state index is -3.28. The lowest BCUT2D eigenvalue weighted by Gasteiger charge is -2.31. The molecular weight excluding hydrogens is 386 g/mol. The SMILES string of the molecule is O=C(O)CCC/C=C\C[C@H]1[C@@H]2CCC(C2)[C@@H]1NS(=O)(=O)CCCc1ccccc1. The van der Waals surface area contributed by atoms with E-state index in [4.69, 9.17) is 5.11 Å². The highest BCUT2D eigenvalue weighted by Crippen LogP contribution is 2.50. The molecule has 3 rings (SSSR count). The average Bonchev–Trinajstić information content (AvgIpc) is 3.27. The summed E-state index contributed by atoms with van der Waals surface area (Å²) in [7, 11) is -3.28. The van der Waals surface area contributed by atoms with Crippen LogP contribution in [0, 0.1) is 17.8 Å². The zero-order chi connectivity index (χ0) is 20.7. The number of carbonyl (C=O) groups is 1. The standard InChI is InChI=1S/C23H33NO4S/c25-22(26)13-7-2-1-6-12-21-19-14-15-20(17-19)23(21)24-29(27,28)16-8-11-18-9-4-3-5-10-18/h1,3-6,9-10,19-21,23-24H,2,7-8,11-17H2,(H,25,26)/b6-1-/t19-,20?,21+,23+/m1/s1. The van der Waals surface area contributed by atoms with Crippen LogP contribution in [0.2, 0.25) is 0 Å². The number of benzene rings is 1. The smallest absolute Gasteiger partial charge is 0.303 e. The third-order valence-electron chi connectivity index (χ3n) is 6.46. The van der Waals surface area contributed by atoms with Gasteiger partial charge in [0.15, 0.2) is 0 Å². The zero-order valence-corrected chi connectivity index (χ0v) is 17.8. The third kappa shape index (κ3) is 6.68. The van der Waals surface area contributed by atoms with Gasteiger partial charge >= 0.3 is 5.97 Å².